The Kier molecular flexibility index (Phi) is 3.46. The van der Waals surface area contributed by atoms with Gasteiger partial charge in [0.25, 0.3) is 5.91 Å². The Morgan fingerprint density at radius 3 is 2.50 bits per heavy atom. The summed E-state index contributed by atoms with van der Waals surface area (Å²) in [7, 11) is 0. The lowest BCUT2D eigenvalue weighted by molar-refractivity contribution is -0.144. The van der Waals surface area contributed by atoms with Crippen molar-refractivity contribution in [1.82, 2.24) is 4.90 Å². The number of hydrogen-bond acceptors (Lipinski definition) is 2. The maximum absolute atomic E-state index is 11.9. The molecule has 1 heterocycles. The summed E-state index contributed by atoms with van der Waals surface area (Å²) in [5.41, 5.74) is -0.915. The fourth-order valence-electron chi connectivity index (χ4n) is 2.13. The zero-order valence-electron chi connectivity index (χ0n) is 10.4. The number of carbonyl (C=O) groups is 1. The maximum atomic E-state index is 11.9. The van der Waals surface area contributed by atoms with Crippen LogP contribution in [0.5, 0.6) is 0 Å². The highest BCUT2D eigenvalue weighted by molar-refractivity contribution is 6.33. The van der Waals surface area contributed by atoms with E-state index in [1.807, 2.05) is 32.0 Å². The van der Waals surface area contributed by atoms with Crippen molar-refractivity contribution in [2.45, 2.75) is 19.6 Å². The molecule has 0 saturated carbocycles. The fourth-order valence-corrected chi connectivity index (χ4v) is 2.43. The molecule has 0 aliphatic carbocycles. The molecule has 18 heavy (non-hydrogen) atoms. The first kappa shape index (κ1) is 13.1. The second-order valence-corrected chi connectivity index (χ2v) is 5.28. The van der Waals surface area contributed by atoms with E-state index in [9.17, 15) is 9.90 Å². The molecule has 96 valence electrons. The summed E-state index contributed by atoms with van der Waals surface area (Å²) in [5, 5.41) is 11.0. The Hall–Kier alpha value is -1.32. The summed E-state index contributed by atoms with van der Waals surface area (Å²) in [4.78, 5) is 13.3. The predicted octanol–water partition coefficient (Wildman–Crippen LogP) is 2.45. The van der Waals surface area contributed by atoms with Crippen molar-refractivity contribution in [1.29, 1.82) is 0 Å². The number of aliphatic hydroxyl groups is 1. The van der Waals surface area contributed by atoms with Crippen LogP contribution in [-0.4, -0.2) is 22.5 Å². The second-order valence-electron chi connectivity index (χ2n) is 4.87. The first-order valence-corrected chi connectivity index (χ1v) is 6.31. The van der Waals surface area contributed by atoms with Crippen molar-refractivity contribution in [3.8, 4) is 0 Å². The van der Waals surface area contributed by atoms with E-state index in [-0.39, 0.29) is 16.9 Å². The summed E-state index contributed by atoms with van der Waals surface area (Å²) in [6, 6.07) is 9.01. The molecule has 1 aromatic carbocycles. The van der Waals surface area contributed by atoms with Crippen molar-refractivity contribution in [3.63, 3.8) is 0 Å². The first-order chi connectivity index (χ1) is 8.46. The molecule has 1 unspecified atom stereocenters. The van der Waals surface area contributed by atoms with E-state index in [4.69, 9.17) is 11.6 Å². The molecule has 2 rings (SSSR count). The molecular weight excluding hydrogens is 250 g/mol. The van der Waals surface area contributed by atoms with Gasteiger partial charge in [0.15, 0.2) is 0 Å². The van der Waals surface area contributed by atoms with Crippen molar-refractivity contribution in [3.05, 3.63) is 47.0 Å². The van der Waals surface area contributed by atoms with Gasteiger partial charge in [-0.25, -0.2) is 0 Å². The number of halogens is 1. The molecule has 0 radical (unpaired) electrons. The van der Waals surface area contributed by atoms with E-state index < -0.39 is 5.72 Å². The van der Waals surface area contributed by atoms with Crippen LogP contribution >= 0.6 is 11.6 Å². The largest absolute Gasteiger partial charge is 0.362 e. The first-order valence-electron chi connectivity index (χ1n) is 5.93. The predicted molar refractivity (Wildman–Crippen MR) is 70.8 cm³/mol. The van der Waals surface area contributed by atoms with Gasteiger partial charge in [-0.1, -0.05) is 55.8 Å². The normalized spacial score (nSPS) is 23.7. The van der Waals surface area contributed by atoms with E-state index in [2.05, 4.69) is 0 Å². The molecule has 1 aliphatic heterocycles. The summed E-state index contributed by atoms with van der Waals surface area (Å²) < 4.78 is 0. The second kappa shape index (κ2) is 4.75. The molecule has 1 aromatic rings. The third kappa shape index (κ3) is 2.04. The van der Waals surface area contributed by atoms with Gasteiger partial charge in [0, 0.05) is 18.2 Å². The number of nitrogens with zero attached hydrogens (tertiary/aromatic N) is 1. The molecule has 0 fully saturated rings. The average Bonchev–Trinajstić information content (AvgIpc) is 2.55. The van der Waals surface area contributed by atoms with Gasteiger partial charge in [-0.3, -0.25) is 4.79 Å². The Morgan fingerprint density at radius 2 is 1.94 bits per heavy atom. The fraction of sp³-hybridized carbons (Fsp3) is 0.357. The van der Waals surface area contributed by atoms with Gasteiger partial charge in [-0.15, -0.1) is 0 Å². The van der Waals surface area contributed by atoms with Crippen LogP contribution in [0.4, 0.5) is 0 Å². The highest BCUT2D eigenvalue weighted by Gasteiger charge is 2.47. The van der Waals surface area contributed by atoms with Gasteiger partial charge in [-0.05, 0) is 5.92 Å². The lowest BCUT2D eigenvalue weighted by Gasteiger charge is -2.36. The Bertz CT molecular complexity index is 484. The van der Waals surface area contributed by atoms with Crippen LogP contribution < -0.4 is 0 Å². The number of benzene rings is 1. The lowest BCUT2D eigenvalue weighted by atomic mass is 10.0. The molecule has 0 aromatic heterocycles. The smallest absolute Gasteiger partial charge is 0.250 e. The van der Waals surface area contributed by atoms with Crippen LogP contribution in [0.1, 0.15) is 19.4 Å². The van der Waals surface area contributed by atoms with Gasteiger partial charge in [0.05, 0.1) is 5.03 Å². The van der Waals surface area contributed by atoms with Crippen molar-refractivity contribution >= 4 is 17.5 Å². The molecule has 1 atom stereocenters. The standard InChI is InChI=1S/C14H16ClNO2/c1-10(2)9-16-13(17)8-12(15)14(16,18)11-6-4-3-5-7-11/h3-8,10,18H,9H2,1-2H3. The van der Waals surface area contributed by atoms with E-state index in [1.54, 1.807) is 12.1 Å². The van der Waals surface area contributed by atoms with Crippen LogP contribution in [0.3, 0.4) is 0 Å². The lowest BCUT2D eigenvalue weighted by Crippen LogP contribution is -2.46. The van der Waals surface area contributed by atoms with Crippen LogP contribution in [0, 0.1) is 5.92 Å². The number of amides is 1. The summed E-state index contributed by atoms with van der Waals surface area (Å²) in [6.45, 7) is 4.44. The summed E-state index contributed by atoms with van der Waals surface area (Å²) in [5.74, 6) is 0.000192. The number of carbonyl (C=O) groups excluding carboxylic acids is 1. The molecule has 3 nitrogen and oxygen atoms in total. The summed E-state index contributed by atoms with van der Waals surface area (Å²) in [6.07, 6.45) is 1.29. The van der Waals surface area contributed by atoms with Gasteiger partial charge in [0.1, 0.15) is 0 Å². The number of rotatable bonds is 3. The molecule has 0 spiro atoms. The Morgan fingerprint density at radius 1 is 1.33 bits per heavy atom. The van der Waals surface area contributed by atoms with Crippen molar-refractivity contribution < 1.29 is 9.90 Å². The van der Waals surface area contributed by atoms with Gasteiger partial charge < -0.3 is 10.0 Å². The minimum atomic E-state index is -1.52. The molecular formula is C14H16ClNO2. The molecule has 4 heteroatoms. The highest BCUT2D eigenvalue weighted by atomic mass is 35.5. The molecule has 0 bridgehead atoms. The third-order valence-electron chi connectivity index (χ3n) is 2.96. The minimum absolute atomic E-state index is 0.152. The van der Waals surface area contributed by atoms with Crippen LogP contribution in [0.25, 0.3) is 0 Å². The van der Waals surface area contributed by atoms with E-state index in [0.717, 1.165) is 0 Å². The van der Waals surface area contributed by atoms with E-state index in [0.29, 0.717) is 12.1 Å². The van der Waals surface area contributed by atoms with Crippen LogP contribution in [0.2, 0.25) is 0 Å². The van der Waals surface area contributed by atoms with Crippen molar-refractivity contribution in [2.75, 3.05) is 6.54 Å². The average molecular weight is 266 g/mol. The Labute approximate surface area is 112 Å². The quantitative estimate of drug-likeness (QED) is 0.912. The van der Waals surface area contributed by atoms with Crippen molar-refractivity contribution in [2.24, 2.45) is 5.92 Å². The molecule has 1 N–H and O–H groups in total. The van der Waals surface area contributed by atoms with Crippen LogP contribution in [-0.2, 0) is 10.5 Å². The summed E-state index contributed by atoms with van der Waals surface area (Å²) >= 11 is 6.08. The molecule has 1 amide bonds. The number of hydrogen-bond donors (Lipinski definition) is 1. The maximum Gasteiger partial charge on any atom is 0.250 e. The monoisotopic (exact) mass is 265 g/mol. The molecule has 1 aliphatic rings. The topological polar surface area (TPSA) is 40.5 Å². The van der Waals surface area contributed by atoms with E-state index >= 15 is 0 Å². The van der Waals surface area contributed by atoms with Gasteiger partial charge in [-0.2, -0.15) is 0 Å². The van der Waals surface area contributed by atoms with Gasteiger partial charge >= 0.3 is 0 Å². The zero-order chi connectivity index (χ0) is 13.3. The molecule has 0 saturated heterocycles. The van der Waals surface area contributed by atoms with Gasteiger partial charge in [0.2, 0.25) is 5.72 Å². The SMILES string of the molecule is CC(C)CN1C(=O)C=C(Cl)C1(O)c1ccccc1. The zero-order valence-corrected chi connectivity index (χ0v) is 11.2. The Balaban J connectivity index is 2.45. The third-order valence-corrected chi connectivity index (χ3v) is 3.34. The van der Waals surface area contributed by atoms with E-state index in [1.165, 1.54) is 11.0 Å². The minimum Gasteiger partial charge on any atom is -0.362 e. The van der Waals surface area contributed by atoms with Crippen LogP contribution in [0.15, 0.2) is 41.4 Å². The highest BCUT2D eigenvalue weighted by Crippen LogP contribution is 2.40.